The predicted octanol–water partition coefficient (Wildman–Crippen LogP) is 3.53. The van der Waals surface area contributed by atoms with Crippen molar-refractivity contribution in [2.45, 2.75) is 45.8 Å². The van der Waals surface area contributed by atoms with Crippen molar-refractivity contribution in [1.82, 2.24) is 4.57 Å². The molecule has 0 bridgehead atoms. The second-order valence-corrected chi connectivity index (χ2v) is 6.49. The Morgan fingerprint density at radius 3 is 2.54 bits per heavy atom. The lowest BCUT2D eigenvalue weighted by atomic mass is 10.1. The van der Waals surface area contributed by atoms with Gasteiger partial charge < -0.3 is 9.47 Å². The van der Waals surface area contributed by atoms with Gasteiger partial charge in [-0.15, -0.1) is 6.42 Å². The number of fused-ring (bicyclic) bond motifs is 1. The predicted molar refractivity (Wildman–Crippen MR) is 91.7 cm³/mol. The molecule has 1 heterocycles. The third-order valence-corrected chi connectivity index (χ3v) is 3.28. The normalized spacial score (nSPS) is 12.5. The van der Waals surface area contributed by atoms with E-state index in [1.807, 2.05) is 45.0 Å². The molecule has 0 amide bonds. The number of benzene rings is 1. The fraction of sp³-hybridized carbons (Fsp3) is 0.368. The minimum Gasteiger partial charge on any atom is -0.449 e. The number of aromatic nitrogens is 1. The van der Waals surface area contributed by atoms with Crippen LogP contribution < -0.4 is 0 Å². The molecule has 126 valence electrons. The third kappa shape index (κ3) is 4.17. The summed E-state index contributed by atoms with van der Waals surface area (Å²) in [4.78, 5) is 23.6. The van der Waals surface area contributed by atoms with Crippen LogP contribution in [-0.2, 0) is 20.7 Å². The first kappa shape index (κ1) is 17.6. The van der Waals surface area contributed by atoms with Crippen molar-refractivity contribution in [3.63, 3.8) is 0 Å². The fourth-order valence-corrected chi connectivity index (χ4v) is 2.41. The van der Waals surface area contributed by atoms with Gasteiger partial charge in [0.15, 0.2) is 6.10 Å². The van der Waals surface area contributed by atoms with Crippen molar-refractivity contribution in [2.24, 2.45) is 0 Å². The lowest BCUT2D eigenvalue weighted by molar-refractivity contribution is -0.143. The Balaban J connectivity index is 2.40. The molecule has 1 unspecified atom stereocenters. The molecule has 5 heteroatoms. The summed E-state index contributed by atoms with van der Waals surface area (Å²) < 4.78 is 12.0. The largest absolute Gasteiger partial charge is 0.449 e. The van der Waals surface area contributed by atoms with E-state index in [9.17, 15) is 9.59 Å². The van der Waals surface area contributed by atoms with Gasteiger partial charge in [-0.25, -0.2) is 4.79 Å². The first-order valence-electron chi connectivity index (χ1n) is 7.67. The zero-order chi connectivity index (χ0) is 17.9. The van der Waals surface area contributed by atoms with Gasteiger partial charge in [-0.3, -0.25) is 9.36 Å². The number of rotatable bonds is 3. The molecule has 0 aliphatic heterocycles. The summed E-state index contributed by atoms with van der Waals surface area (Å²) in [6.07, 6.45) is 6.31. The van der Waals surface area contributed by atoms with E-state index >= 15 is 0 Å². The topological polar surface area (TPSA) is 57.5 Å². The highest BCUT2D eigenvalue weighted by atomic mass is 16.6. The summed E-state index contributed by atoms with van der Waals surface area (Å²) in [5, 5.41) is 0.871. The highest BCUT2D eigenvalue weighted by Gasteiger charge is 2.22. The molecule has 0 N–H and O–H groups in total. The van der Waals surface area contributed by atoms with Gasteiger partial charge >= 0.3 is 12.1 Å². The number of para-hydroxylation sites is 1. The molecule has 0 aliphatic rings. The quantitative estimate of drug-likeness (QED) is 0.639. The molecule has 2 aromatic rings. The molecule has 1 aromatic heterocycles. The van der Waals surface area contributed by atoms with E-state index in [-0.39, 0.29) is 0 Å². The van der Waals surface area contributed by atoms with Crippen molar-refractivity contribution in [3.05, 3.63) is 36.0 Å². The van der Waals surface area contributed by atoms with Crippen LogP contribution in [0.4, 0.5) is 4.79 Å². The number of ether oxygens (including phenoxy) is 2. The van der Waals surface area contributed by atoms with Crippen molar-refractivity contribution < 1.29 is 19.1 Å². The van der Waals surface area contributed by atoms with Gasteiger partial charge in [0.2, 0.25) is 0 Å². The Morgan fingerprint density at radius 1 is 1.29 bits per heavy atom. The van der Waals surface area contributed by atoms with Crippen LogP contribution in [0.3, 0.4) is 0 Å². The van der Waals surface area contributed by atoms with E-state index in [1.165, 1.54) is 11.5 Å². The number of hydrogen-bond donors (Lipinski definition) is 0. The smallest absolute Gasteiger partial charge is 0.419 e. The van der Waals surface area contributed by atoms with Crippen LogP contribution in [0.25, 0.3) is 10.9 Å². The number of esters is 1. The zero-order valence-electron chi connectivity index (χ0n) is 14.3. The highest BCUT2D eigenvalue weighted by molar-refractivity contribution is 5.92. The summed E-state index contributed by atoms with van der Waals surface area (Å²) in [5.41, 5.74) is 0.947. The number of terminal acetylenes is 1. The Kier molecular flexibility index (Phi) is 4.99. The maximum Gasteiger partial charge on any atom is 0.419 e. The minimum atomic E-state index is -0.680. The van der Waals surface area contributed by atoms with Crippen molar-refractivity contribution in [3.8, 4) is 12.3 Å². The van der Waals surface area contributed by atoms with Crippen LogP contribution in [0.1, 0.15) is 33.3 Å². The van der Waals surface area contributed by atoms with Gasteiger partial charge in [-0.05, 0) is 32.4 Å². The van der Waals surface area contributed by atoms with Gasteiger partial charge in [-0.1, -0.05) is 24.1 Å². The van der Waals surface area contributed by atoms with E-state index in [2.05, 4.69) is 5.92 Å². The van der Waals surface area contributed by atoms with E-state index in [1.54, 1.807) is 6.20 Å². The average Bonchev–Trinajstić information content (AvgIpc) is 2.83. The molecular weight excluding hydrogens is 306 g/mol. The van der Waals surface area contributed by atoms with E-state index in [4.69, 9.17) is 15.9 Å². The maximum atomic E-state index is 12.4. The molecule has 0 fully saturated rings. The van der Waals surface area contributed by atoms with Gasteiger partial charge in [0.25, 0.3) is 0 Å². The molecule has 0 saturated carbocycles. The average molecular weight is 327 g/mol. The second kappa shape index (κ2) is 6.79. The third-order valence-electron chi connectivity index (χ3n) is 3.28. The van der Waals surface area contributed by atoms with Gasteiger partial charge in [-0.2, -0.15) is 0 Å². The standard InChI is InChI=1S/C19H21NO4/c1-6-15(23-13(2)21)11-14-12-20(18(22)24-19(3,4)5)17-10-8-7-9-16(14)17/h1,7-10,12,15H,11H2,2-5H3. The summed E-state index contributed by atoms with van der Waals surface area (Å²) in [6.45, 7) is 6.75. The number of nitrogens with zero attached hydrogens (tertiary/aromatic N) is 1. The summed E-state index contributed by atoms with van der Waals surface area (Å²) in [7, 11) is 0. The number of carbonyl (C=O) groups excluding carboxylic acids is 2. The lowest BCUT2D eigenvalue weighted by Gasteiger charge is -2.19. The van der Waals surface area contributed by atoms with Crippen LogP contribution in [0.2, 0.25) is 0 Å². The zero-order valence-corrected chi connectivity index (χ0v) is 14.3. The number of hydrogen-bond acceptors (Lipinski definition) is 4. The second-order valence-electron chi connectivity index (χ2n) is 6.49. The molecule has 24 heavy (non-hydrogen) atoms. The van der Waals surface area contributed by atoms with Crippen molar-refractivity contribution in [1.29, 1.82) is 0 Å². The van der Waals surface area contributed by atoms with Crippen molar-refractivity contribution >= 4 is 23.0 Å². The maximum absolute atomic E-state index is 12.4. The van der Waals surface area contributed by atoms with Gasteiger partial charge in [0, 0.05) is 24.9 Å². The Morgan fingerprint density at radius 2 is 1.96 bits per heavy atom. The summed E-state index contributed by atoms with van der Waals surface area (Å²) in [6, 6.07) is 7.45. The van der Waals surface area contributed by atoms with Gasteiger partial charge in [0.1, 0.15) is 5.60 Å². The highest BCUT2D eigenvalue weighted by Crippen LogP contribution is 2.24. The molecular formula is C19H21NO4. The molecule has 1 aromatic carbocycles. The van der Waals surface area contributed by atoms with Gasteiger partial charge in [0.05, 0.1) is 5.52 Å². The van der Waals surface area contributed by atoms with Crippen LogP contribution in [-0.4, -0.2) is 28.3 Å². The molecule has 0 saturated heterocycles. The van der Waals surface area contributed by atoms with Crippen LogP contribution in [0.5, 0.6) is 0 Å². The molecule has 1 atom stereocenters. The van der Waals surface area contributed by atoms with Crippen LogP contribution >= 0.6 is 0 Å². The first-order chi connectivity index (χ1) is 11.2. The van der Waals surface area contributed by atoms with E-state index in [0.29, 0.717) is 6.42 Å². The van der Waals surface area contributed by atoms with Crippen LogP contribution in [0.15, 0.2) is 30.5 Å². The lowest BCUT2D eigenvalue weighted by Crippen LogP contribution is -2.26. The van der Waals surface area contributed by atoms with Crippen LogP contribution in [0, 0.1) is 12.3 Å². The number of carbonyl (C=O) groups is 2. The Bertz CT molecular complexity index is 805. The van der Waals surface area contributed by atoms with Crippen molar-refractivity contribution in [2.75, 3.05) is 0 Å². The Hall–Kier alpha value is -2.74. The fourth-order valence-electron chi connectivity index (χ4n) is 2.41. The summed E-state index contributed by atoms with van der Waals surface area (Å²) in [5.74, 6) is 2.02. The molecule has 5 nitrogen and oxygen atoms in total. The molecule has 2 rings (SSSR count). The minimum absolute atomic E-state index is 0.326. The first-order valence-corrected chi connectivity index (χ1v) is 7.67. The summed E-state index contributed by atoms with van der Waals surface area (Å²) >= 11 is 0. The molecule has 0 spiro atoms. The molecule has 0 aliphatic carbocycles. The monoisotopic (exact) mass is 327 g/mol. The SMILES string of the molecule is C#CC(Cc1cn(C(=O)OC(C)(C)C)c2ccccc12)OC(C)=O. The van der Waals surface area contributed by atoms with E-state index < -0.39 is 23.8 Å². The molecule has 0 radical (unpaired) electrons. The Labute approximate surface area is 141 Å². The van der Waals surface area contributed by atoms with E-state index in [0.717, 1.165) is 16.5 Å².